The molecular weight excluding hydrogens is 850 g/mol. The van der Waals surface area contributed by atoms with Crippen LogP contribution in [0.3, 0.4) is 0 Å². The van der Waals surface area contributed by atoms with Crippen LogP contribution in [0.5, 0.6) is 0 Å². The number of phosphoric ester groups is 2. The number of carbonyl (C=O) groups is 3. The molecule has 1 aliphatic carbocycles. The summed E-state index contributed by atoms with van der Waals surface area (Å²) >= 11 is 0. The fourth-order valence-electron chi connectivity index (χ4n) is 6.34. The predicted molar refractivity (Wildman–Crippen MR) is 232 cm³/mol. The molecule has 0 aromatic carbocycles. The quantitative estimate of drug-likeness (QED) is 0.00840. The highest BCUT2D eigenvalue weighted by Crippen LogP contribution is 2.49. The van der Waals surface area contributed by atoms with E-state index >= 15 is 0 Å². The minimum atomic E-state index is -5.37. The van der Waals surface area contributed by atoms with Crippen LogP contribution in [0.15, 0.2) is 48.6 Å². The highest BCUT2D eigenvalue weighted by molar-refractivity contribution is 7.47. The molecule has 0 bridgehead atoms. The van der Waals surface area contributed by atoms with Gasteiger partial charge in [-0.1, -0.05) is 114 Å². The van der Waals surface area contributed by atoms with Gasteiger partial charge in [0, 0.05) is 19.3 Å². The first-order valence-electron chi connectivity index (χ1n) is 22.1. The molecule has 0 aromatic rings. The molecule has 19 heteroatoms. The van der Waals surface area contributed by atoms with Crippen LogP contribution in [0.4, 0.5) is 0 Å². The van der Waals surface area contributed by atoms with Crippen molar-refractivity contribution < 1.29 is 81.7 Å². The Morgan fingerprint density at radius 2 is 1.11 bits per heavy atom. The number of ketones is 1. The first-order valence-corrected chi connectivity index (χ1v) is 25.2. The zero-order chi connectivity index (χ0) is 46.2. The molecule has 0 aliphatic heterocycles. The Morgan fingerprint density at radius 3 is 1.73 bits per heavy atom. The zero-order valence-electron chi connectivity index (χ0n) is 36.5. The summed E-state index contributed by atoms with van der Waals surface area (Å²) in [6.45, 7) is 2.83. The smallest absolute Gasteiger partial charge is 0.462 e. The van der Waals surface area contributed by atoms with Crippen LogP contribution in [0.2, 0.25) is 0 Å². The number of hydrogen-bond acceptors (Lipinski definition) is 14. The summed E-state index contributed by atoms with van der Waals surface area (Å²) in [5.74, 6) is -1.17. The Labute approximate surface area is 367 Å². The minimum absolute atomic E-state index is 0.0118. The minimum Gasteiger partial charge on any atom is -0.462 e. The van der Waals surface area contributed by atoms with E-state index in [1.165, 1.54) is 0 Å². The van der Waals surface area contributed by atoms with Crippen LogP contribution >= 0.6 is 15.6 Å². The summed E-state index contributed by atoms with van der Waals surface area (Å²) in [5.41, 5.74) is 0. The van der Waals surface area contributed by atoms with Gasteiger partial charge in [0.2, 0.25) is 0 Å². The molecule has 0 aromatic heterocycles. The number of ether oxygens (including phenoxy) is 2. The van der Waals surface area contributed by atoms with Crippen LogP contribution < -0.4 is 0 Å². The largest absolute Gasteiger partial charge is 0.472 e. The van der Waals surface area contributed by atoms with E-state index in [1.54, 1.807) is 12.2 Å². The lowest BCUT2D eigenvalue weighted by Gasteiger charge is -2.43. The normalized spacial score (nSPS) is 22.5. The molecule has 1 fully saturated rings. The van der Waals surface area contributed by atoms with Gasteiger partial charge in [-0.05, 0) is 63.9 Å². The van der Waals surface area contributed by atoms with Gasteiger partial charge >= 0.3 is 27.6 Å². The van der Waals surface area contributed by atoms with Gasteiger partial charge < -0.3 is 44.6 Å². The number of esters is 2. The standard InChI is InChI=1S/C43H74O17P2/c1-3-5-7-8-9-10-11-12-13-16-19-22-26-30-36(45)56-32-35(58-37(46)31-27-23-20-17-14-15-18-21-25-29-34(44)28-24-6-4-2)33-57-62(54,55)60-43-40(49)38(47)39(48)42(41(43)50)59-61(51,52)53/h7-8,10-11,18,21,25,29,35,38-43,47-50H,3-6,9,12-17,19-20,22-24,26-28,30-33H2,1-2H3,(H,54,55)(H2,51,52,53)/b8-7-,11-10-,21-18-,29-25+/t35-,38?,39?,40?,41?,42-,43+/m1/s1. The maximum absolute atomic E-state index is 12.9. The first-order chi connectivity index (χ1) is 29.5. The molecule has 0 amide bonds. The number of unbranched alkanes of at least 4 members (excludes halogenated alkanes) is 13. The average molecular weight is 925 g/mol. The molecular formula is C43H74O17P2. The Bertz CT molecular complexity index is 1460. The van der Waals surface area contributed by atoms with Gasteiger partial charge in [-0.2, -0.15) is 0 Å². The lowest BCUT2D eigenvalue weighted by Crippen LogP contribution is -2.64. The molecule has 0 spiro atoms. The van der Waals surface area contributed by atoms with Crippen molar-refractivity contribution in [1.29, 1.82) is 0 Å². The fraction of sp³-hybridized carbons (Fsp3) is 0.744. The van der Waals surface area contributed by atoms with Crippen molar-refractivity contribution in [2.45, 2.75) is 191 Å². The van der Waals surface area contributed by atoms with Crippen molar-refractivity contribution in [3.8, 4) is 0 Å². The van der Waals surface area contributed by atoms with E-state index in [0.29, 0.717) is 25.7 Å². The number of aliphatic hydroxyl groups is 4. The zero-order valence-corrected chi connectivity index (χ0v) is 38.3. The topological polar surface area (TPSA) is 273 Å². The van der Waals surface area contributed by atoms with E-state index < -0.39 is 83.5 Å². The Morgan fingerprint density at radius 1 is 0.565 bits per heavy atom. The predicted octanol–water partition coefficient (Wildman–Crippen LogP) is 6.90. The molecule has 5 unspecified atom stereocenters. The summed E-state index contributed by atoms with van der Waals surface area (Å²) in [5, 5.41) is 41.1. The molecule has 62 heavy (non-hydrogen) atoms. The molecule has 0 heterocycles. The number of phosphoric acid groups is 2. The number of aliphatic hydroxyl groups excluding tert-OH is 4. The highest BCUT2D eigenvalue weighted by Gasteiger charge is 2.54. The fourth-order valence-corrected chi connectivity index (χ4v) is 7.88. The number of rotatable bonds is 36. The van der Waals surface area contributed by atoms with Crippen molar-refractivity contribution in [1.82, 2.24) is 0 Å². The Hall–Kier alpha value is -2.37. The third-order valence-corrected chi connectivity index (χ3v) is 11.3. The third-order valence-electron chi connectivity index (χ3n) is 9.83. The van der Waals surface area contributed by atoms with E-state index in [0.717, 1.165) is 96.3 Å². The van der Waals surface area contributed by atoms with Crippen molar-refractivity contribution in [3.63, 3.8) is 0 Å². The van der Waals surface area contributed by atoms with E-state index in [9.17, 15) is 48.8 Å². The van der Waals surface area contributed by atoms with Gasteiger partial charge in [0.1, 0.15) is 43.2 Å². The lowest BCUT2D eigenvalue weighted by atomic mass is 9.85. The Balaban J connectivity index is 2.67. The van der Waals surface area contributed by atoms with Crippen molar-refractivity contribution in [2.24, 2.45) is 0 Å². The first kappa shape index (κ1) is 57.6. The molecule has 1 saturated carbocycles. The number of carbonyl (C=O) groups excluding carboxylic acids is 3. The number of hydrogen-bond donors (Lipinski definition) is 7. The maximum atomic E-state index is 12.9. The van der Waals surface area contributed by atoms with Crippen LogP contribution in [0.25, 0.3) is 0 Å². The summed E-state index contributed by atoms with van der Waals surface area (Å²) in [7, 11) is -10.7. The second-order valence-electron chi connectivity index (χ2n) is 15.4. The summed E-state index contributed by atoms with van der Waals surface area (Å²) in [4.78, 5) is 65.9. The summed E-state index contributed by atoms with van der Waals surface area (Å²) in [6.07, 6.45) is 17.8. The second kappa shape index (κ2) is 34.0. The van der Waals surface area contributed by atoms with Gasteiger partial charge in [-0.15, -0.1) is 0 Å². The van der Waals surface area contributed by atoms with Crippen LogP contribution in [0, 0.1) is 0 Å². The molecule has 1 rings (SSSR count). The van der Waals surface area contributed by atoms with E-state index in [2.05, 4.69) is 42.7 Å². The van der Waals surface area contributed by atoms with Crippen molar-refractivity contribution in [3.05, 3.63) is 48.6 Å². The summed E-state index contributed by atoms with van der Waals surface area (Å²) < 4.78 is 49.2. The van der Waals surface area contributed by atoms with E-state index in [-0.39, 0.29) is 18.6 Å². The van der Waals surface area contributed by atoms with Crippen molar-refractivity contribution >= 4 is 33.4 Å². The molecule has 7 N–H and O–H groups in total. The second-order valence-corrected chi connectivity index (χ2v) is 18.0. The monoisotopic (exact) mass is 924 g/mol. The van der Waals surface area contributed by atoms with Gasteiger partial charge in [-0.3, -0.25) is 28.0 Å². The SMILES string of the molecule is CCC/C=C\C/C=C\CCCCCCCC(=O)OC[C@H](COP(=O)(O)O[C@H]1C(O)C(O)C(O)[C@@H](OP(=O)(O)O)C1O)OC(=O)CCCCCCC/C=C\C=C\C(=O)CCCCC. The molecule has 8 atom stereocenters. The van der Waals surface area contributed by atoms with Gasteiger partial charge in [-0.25, -0.2) is 9.13 Å². The van der Waals surface area contributed by atoms with Gasteiger partial charge in [0.15, 0.2) is 11.9 Å². The maximum Gasteiger partial charge on any atom is 0.472 e. The molecule has 0 radical (unpaired) electrons. The van der Waals surface area contributed by atoms with E-state index in [1.807, 2.05) is 12.2 Å². The van der Waals surface area contributed by atoms with Gasteiger partial charge in [0.05, 0.1) is 6.61 Å². The van der Waals surface area contributed by atoms with Crippen LogP contribution in [-0.4, -0.2) is 109 Å². The van der Waals surface area contributed by atoms with E-state index in [4.69, 9.17) is 28.3 Å². The Kier molecular flexibility index (Phi) is 31.7. The third kappa shape index (κ3) is 28.4. The lowest BCUT2D eigenvalue weighted by molar-refractivity contribution is -0.216. The summed E-state index contributed by atoms with van der Waals surface area (Å²) in [6, 6.07) is 0. The van der Waals surface area contributed by atoms with Crippen LogP contribution in [-0.2, 0) is 46.6 Å². The molecule has 17 nitrogen and oxygen atoms in total. The van der Waals surface area contributed by atoms with Crippen LogP contribution in [0.1, 0.15) is 149 Å². The molecule has 358 valence electrons. The van der Waals surface area contributed by atoms with Gasteiger partial charge in [0.25, 0.3) is 0 Å². The highest BCUT2D eigenvalue weighted by atomic mass is 31.2. The average Bonchev–Trinajstić information content (AvgIpc) is 3.22. The van der Waals surface area contributed by atoms with Crippen molar-refractivity contribution in [2.75, 3.05) is 13.2 Å². The number of allylic oxidation sites excluding steroid dienone is 8. The molecule has 1 aliphatic rings. The molecule has 0 saturated heterocycles.